The molecule has 0 aromatic carbocycles. The molecular formula is C12H14O4. The largest absolute Gasteiger partial charge is 0.465 e. The quantitative estimate of drug-likeness (QED) is 0.515. The van der Waals surface area contributed by atoms with Crippen LogP contribution in [0.3, 0.4) is 0 Å². The average Bonchev–Trinajstić information content (AvgIpc) is 2.91. The van der Waals surface area contributed by atoms with Gasteiger partial charge < -0.3 is 9.47 Å². The van der Waals surface area contributed by atoms with Crippen LogP contribution in [-0.2, 0) is 19.1 Å². The number of carbonyl (C=O) groups is 2. The van der Waals surface area contributed by atoms with Gasteiger partial charge in [0.2, 0.25) is 0 Å². The summed E-state index contributed by atoms with van der Waals surface area (Å²) < 4.78 is 10.4. The van der Waals surface area contributed by atoms with E-state index in [-0.39, 0.29) is 29.9 Å². The zero-order valence-electron chi connectivity index (χ0n) is 8.93. The minimum absolute atomic E-state index is 0.0265. The Bertz CT molecular complexity index is 362. The minimum Gasteiger partial charge on any atom is -0.465 e. The van der Waals surface area contributed by atoms with Crippen LogP contribution in [0.5, 0.6) is 0 Å². The molecule has 0 N–H and O–H groups in total. The van der Waals surface area contributed by atoms with E-state index in [0.717, 1.165) is 12.8 Å². The first-order valence-corrected chi connectivity index (χ1v) is 5.70. The van der Waals surface area contributed by atoms with Gasteiger partial charge in [-0.15, -0.1) is 0 Å². The lowest BCUT2D eigenvalue weighted by atomic mass is 9.80. The molecular weight excluding hydrogens is 208 g/mol. The van der Waals surface area contributed by atoms with Crippen LogP contribution in [0.1, 0.15) is 12.8 Å². The molecule has 4 nitrogen and oxygen atoms in total. The molecule has 5 atom stereocenters. The number of fused-ring (bicyclic) bond motifs is 5. The van der Waals surface area contributed by atoms with Crippen molar-refractivity contribution < 1.29 is 19.1 Å². The average molecular weight is 222 g/mol. The van der Waals surface area contributed by atoms with E-state index in [0.29, 0.717) is 18.4 Å². The van der Waals surface area contributed by atoms with Gasteiger partial charge in [0.25, 0.3) is 0 Å². The normalized spacial score (nSPS) is 44.0. The molecule has 0 radical (unpaired) electrons. The van der Waals surface area contributed by atoms with Crippen molar-refractivity contribution in [2.45, 2.75) is 18.9 Å². The van der Waals surface area contributed by atoms with E-state index in [1.165, 1.54) is 6.08 Å². The van der Waals surface area contributed by atoms with Crippen LogP contribution in [0.2, 0.25) is 0 Å². The molecule has 16 heavy (non-hydrogen) atoms. The lowest BCUT2D eigenvalue weighted by Crippen LogP contribution is -2.35. The van der Waals surface area contributed by atoms with Gasteiger partial charge in [0.05, 0.1) is 12.5 Å². The third-order valence-electron chi connectivity index (χ3n) is 4.24. The van der Waals surface area contributed by atoms with Gasteiger partial charge in [-0.1, -0.05) is 6.58 Å². The molecule has 1 saturated heterocycles. The van der Waals surface area contributed by atoms with E-state index in [1.807, 2.05) is 0 Å². The molecule has 0 aromatic rings. The molecule has 0 amide bonds. The second-order valence-electron chi connectivity index (χ2n) is 4.89. The third-order valence-corrected chi connectivity index (χ3v) is 4.24. The molecule has 1 heterocycles. The van der Waals surface area contributed by atoms with Crippen molar-refractivity contribution in [3.05, 3.63) is 12.7 Å². The smallest absolute Gasteiger partial charge is 0.330 e. The Balaban J connectivity index is 1.76. The van der Waals surface area contributed by atoms with E-state index in [1.54, 1.807) is 0 Å². The number of carbonyl (C=O) groups excluding carboxylic acids is 2. The van der Waals surface area contributed by atoms with Gasteiger partial charge in [-0.2, -0.15) is 0 Å². The standard InChI is InChI=1S/C12H14O4/c1-2-10(13)16-9-4-6-3-7(9)11-8(6)5-15-12(11)14/h2,6-9,11H,1,3-5H2. The van der Waals surface area contributed by atoms with Crippen molar-refractivity contribution in [2.75, 3.05) is 6.61 Å². The maximum Gasteiger partial charge on any atom is 0.330 e. The Kier molecular flexibility index (Phi) is 2.06. The second kappa shape index (κ2) is 3.34. The molecule has 2 saturated carbocycles. The zero-order chi connectivity index (χ0) is 11.3. The summed E-state index contributed by atoms with van der Waals surface area (Å²) in [6, 6.07) is 0. The summed E-state index contributed by atoms with van der Waals surface area (Å²) in [6.07, 6.45) is 2.94. The molecule has 5 unspecified atom stereocenters. The highest BCUT2D eigenvalue weighted by atomic mass is 16.6. The topological polar surface area (TPSA) is 52.6 Å². The first kappa shape index (κ1) is 9.87. The van der Waals surface area contributed by atoms with Gasteiger partial charge in [0.15, 0.2) is 0 Å². The predicted octanol–water partition coefficient (Wildman–Crippen LogP) is 0.913. The van der Waals surface area contributed by atoms with Crippen molar-refractivity contribution in [3.63, 3.8) is 0 Å². The van der Waals surface area contributed by atoms with E-state index >= 15 is 0 Å². The van der Waals surface area contributed by atoms with Crippen molar-refractivity contribution in [3.8, 4) is 0 Å². The lowest BCUT2D eigenvalue weighted by molar-refractivity contribution is -0.151. The van der Waals surface area contributed by atoms with Gasteiger partial charge in [0.1, 0.15) is 6.10 Å². The highest BCUT2D eigenvalue weighted by molar-refractivity contribution is 5.81. The SMILES string of the molecule is C=CC(=O)OC1CC2CC1C1C(=O)OCC21. The first-order chi connectivity index (χ1) is 7.70. The van der Waals surface area contributed by atoms with E-state index < -0.39 is 0 Å². The second-order valence-corrected chi connectivity index (χ2v) is 4.89. The number of esters is 2. The summed E-state index contributed by atoms with van der Waals surface area (Å²) in [6.45, 7) is 3.94. The van der Waals surface area contributed by atoms with Crippen LogP contribution in [-0.4, -0.2) is 24.6 Å². The number of hydrogen-bond acceptors (Lipinski definition) is 4. The summed E-state index contributed by atoms with van der Waals surface area (Å²) in [7, 11) is 0. The Labute approximate surface area is 93.6 Å². The fraction of sp³-hybridized carbons (Fsp3) is 0.667. The summed E-state index contributed by atoms with van der Waals surface area (Å²) >= 11 is 0. The number of rotatable bonds is 2. The monoisotopic (exact) mass is 222 g/mol. The van der Waals surface area contributed by atoms with Crippen LogP contribution in [0, 0.1) is 23.7 Å². The Hall–Kier alpha value is -1.32. The number of hydrogen-bond donors (Lipinski definition) is 0. The molecule has 0 aromatic heterocycles. The summed E-state index contributed by atoms with van der Waals surface area (Å²) in [5.74, 6) is 0.521. The van der Waals surface area contributed by atoms with Crippen molar-refractivity contribution in [1.82, 2.24) is 0 Å². The highest BCUT2D eigenvalue weighted by Gasteiger charge is 2.60. The predicted molar refractivity (Wildman–Crippen MR) is 54.2 cm³/mol. The molecule has 2 bridgehead atoms. The highest BCUT2D eigenvalue weighted by Crippen LogP contribution is 2.55. The zero-order valence-corrected chi connectivity index (χ0v) is 8.93. The van der Waals surface area contributed by atoms with E-state index in [9.17, 15) is 9.59 Å². The molecule has 1 aliphatic heterocycles. The third kappa shape index (κ3) is 1.22. The summed E-state index contributed by atoms with van der Waals surface area (Å²) in [5.41, 5.74) is 0. The van der Waals surface area contributed by atoms with E-state index in [2.05, 4.69) is 6.58 Å². The molecule has 4 heteroatoms. The van der Waals surface area contributed by atoms with Crippen molar-refractivity contribution in [1.29, 1.82) is 0 Å². The van der Waals surface area contributed by atoms with Gasteiger partial charge >= 0.3 is 11.9 Å². The molecule has 3 aliphatic rings. The van der Waals surface area contributed by atoms with Crippen LogP contribution in [0.4, 0.5) is 0 Å². The molecule has 2 aliphatic carbocycles. The molecule has 86 valence electrons. The van der Waals surface area contributed by atoms with E-state index in [4.69, 9.17) is 9.47 Å². The fourth-order valence-corrected chi connectivity index (χ4v) is 3.61. The number of cyclic esters (lactones) is 1. The Morgan fingerprint density at radius 1 is 1.44 bits per heavy atom. The maximum atomic E-state index is 11.6. The molecule has 0 spiro atoms. The summed E-state index contributed by atoms with van der Waals surface area (Å²) in [4.78, 5) is 22.7. The van der Waals surface area contributed by atoms with Crippen LogP contribution in [0.15, 0.2) is 12.7 Å². The Morgan fingerprint density at radius 2 is 2.25 bits per heavy atom. The van der Waals surface area contributed by atoms with Crippen molar-refractivity contribution >= 4 is 11.9 Å². The van der Waals surface area contributed by atoms with Gasteiger partial charge in [0, 0.05) is 17.9 Å². The number of ether oxygens (including phenoxy) is 2. The Morgan fingerprint density at radius 3 is 3.00 bits per heavy atom. The van der Waals surface area contributed by atoms with Crippen LogP contribution >= 0.6 is 0 Å². The first-order valence-electron chi connectivity index (χ1n) is 5.70. The van der Waals surface area contributed by atoms with Gasteiger partial charge in [-0.3, -0.25) is 4.79 Å². The molecule has 3 fully saturated rings. The van der Waals surface area contributed by atoms with Crippen molar-refractivity contribution in [2.24, 2.45) is 23.7 Å². The van der Waals surface area contributed by atoms with Gasteiger partial charge in [-0.25, -0.2) is 4.79 Å². The summed E-state index contributed by atoms with van der Waals surface area (Å²) in [5, 5.41) is 0. The lowest BCUT2D eigenvalue weighted by Gasteiger charge is -2.27. The van der Waals surface area contributed by atoms with Crippen LogP contribution < -0.4 is 0 Å². The van der Waals surface area contributed by atoms with Gasteiger partial charge in [-0.05, 0) is 18.8 Å². The fourth-order valence-electron chi connectivity index (χ4n) is 3.61. The molecule has 3 rings (SSSR count). The maximum absolute atomic E-state index is 11.6. The van der Waals surface area contributed by atoms with Crippen LogP contribution in [0.25, 0.3) is 0 Å². The minimum atomic E-state index is -0.388.